The van der Waals surface area contributed by atoms with Crippen LogP contribution in [0.25, 0.3) is 0 Å². The van der Waals surface area contributed by atoms with Gasteiger partial charge in [0, 0.05) is 24.1 Å². The summed E-state index contributed by atoms with van der Waals surface area (Å²) in [6.45, 7) is 0. The molecule has 78 valence electrons. The Morgan fingerprint density at radius 2 is 2.47 bits per heavy atom. The minimum absolute atomic E-state index is 0.394. The fourth-order valence-electron chi connectivity index (χ4n) is 0.957. The predicted octanol–water partition coefficient (Wildman–Crippen LogP) is 1.54. The molecule has 0 atom stereocenters. The van der Waals surface area contributed by atoms with Crippen molar-refractivity contribution in [2.75, 3.05) is 5.75 Å². The summed E-state index contributed by atoms with van der Waals surface area (Å²) in [5.41, 5.74) is 6.52. The maximum absolute atomic E-state index is 8.24. The molecular weight excluding hydrogens is 208 g/mol. The molecule has 0 unspecified atom stereocenters. The largest absolute Gasteiger partial charge is 0.386 e. The number of rotatable bonds is 5. The van der Waals surface area contributed by atoms with Crippen LogP contribution in [-0.2, 0) is 5.75 Å². The molecule has 5 heteroatoms. The van der Waals surface area contributed by atoms with E-state index in [2.05, 4.69) is 9.98 Å². The van der Waals surface area contributed by atoms with E-state index >= 15 is 0 Å². The summed E-state index contributed by atoms with van der Waals surface area (Å²) in [6.07, 6.45) is 4.09. The number of nitriles is 1. The van der Waals surface area contributed by atoms with E-state index in [1.807, 2.05) is 18.2 Å². The van der Waals surface area contributed by atoms with Crippen LogP contribution >= 0.6 is 11.8 Å². The topological polar surface area (TPSA) is 75.1 Å². The van der Waals surface area contributed by atoms with Gasteiger partial charge in [-0.15, -0.1) is 0 Å². The SMILES string of the molecule is N#CN=C(N)CCSCc1ccccn1. The first-order chi connectivity index (χ1) is 7.33. The molecule has 0 saturated carbocycles. The van der Waals surface area contributed by atoms with E-state index in [0.29, 0.717) is 12.3 Å². The highest BCUT2D eigenvalue weighted by molar-refractivity contribution is 7.98. The molecule has 1 heterocycles. The van der Waals surface area contributed by atoms with E-state index in [9.17, 15) is 0 Å². The van der Waals surface area contributed by atoms with E-state index < -0.39 is 0 Å². The molecule has 2 N–H and O–H groups in total. The van der Waals surface area contributed by atoms with Crippen LogP contribution in [0, 0.1) is 11.5 Å². The van der Waals surface area contributed by atoms with E-state index in [1.165, 1.54) is 0 Å². The van der Waals surface area contributed by atoms with Crippen molar-refractivity contribution in [1.29, 1.82) is 5.26 Å². The van der Waals surface area contributed by atoms with Gasteiger partial charge < -0.3 is 5.73 Å². The molecule has 0 aliphatic rings. The predicted molar refractivity (Wildman–Crippen MR) is 62.3 cm³/mol. The van der Waals surface area contributed by atoms with Crippen molar-refractivity contribution in [1.82, 2.24) is 4.98 Å². The number of thioether (sulfide) groups is 1. The highest BCUT2D eigenvalue weighted by atomic mass is 32.2. The average Bonchev–Trinajstić information content (AvgIpc) is 2.26. The highest BCUT2D eigenvalue weighted by Crippen LogP contribution is 2.10. The van der Waals surface area contributed by atoms with E-state index in [0.717, 1.165) is 17.2 Å². The zero-order chi connectivity index (χ0) is 10.9. The third kappa shape index (κ3) is 5.03. The second kappa shape index (κ2) is 6.85. The van der Waals surface area contributed by atoms with Crippen LogP contribution in [0.15, 0.2) is 29.4 Å². The van der Waals surface area contributed by atoms with Gasteiger partial charge in [0.15, 0.2) is 0 Å². The maximum Gasteiger partial charge on any atom is 0.207 e. The molecular formula is C10H12N4S. The molecule has 0 aromatic carbocycles. The Labute approximate surface area is 93.2 Å². The van der Waals surface area contributed by atoms with Gasteiger partial charge in [-0.1, -0.05) is 6.07 Å². The molecule has 4 nitrogen and oxygen atoms in total. The van der Waals surface area contributed by atoms with Gasteiger partial charge >= 0.3 is 0 Å². The minimum atomic E-state index is 0.394. The zero-order valence-corrected chi connectivity index (χ0v) is 9.07. The van der Waals surface area contributed by atoms with Gasteiger partial charge in [-0.2, -0.15) is 22.0 Å². The summed E-state index contributed by atoms with van der Waals surface area (Å²) in [4.78, 5) is 7.64. The molecule has 1 rings (SSSR count). The Balaban J connectivity index is 2.18. The maximum atomic E-state index is 8.24. The molecule has 0 amide bonds. The molecule has 0 spiro atoms. The normalized spacial score (nSPS) is 11.0. The van der Waals surface area contributed by atoms with Crippen molar-refractivity contribution in [2.24, 2.45) is 10.7 Å². The lowest BCUT2D eigenvalue weighted by molar-refractivity contribution is 1.17. The first-order valence-electron chi connectivity index (χ1n) is 4.51. The summed E-state index contributed by atoms with van der Waals surface area (Å²) in [5.74, 6) is 2.11. The molecule has 0 saturated heterocycles. The number of nitrogens with two attached hydrogens (primary N) is 1. The van der Waals surface area contributed by atoms with Crippen LogP contribution in [-0.4, -0.2) is 16.6 Å². The second-order valence-electron chi connectivity index (χ2n) is 2.83. The molecule has 0 bridgehead atoms. The van der Waals surface area contributed by atoms with Crippen LogP contribution in [0.2, 0.25) is 0 Å². The molecule has 0 aliphatic heterocycles. The lowest BCUT2D eigenvalue weighted by Gasteiger charge is -2.00. The van der Waals surface area contributed by atoms with Gasteiger partial charge in [-0.05, 0) is 12.1 Å². The lowest BCUT2D eigenvalue weighted by Crippen LogP contribution is -2.11. The summed E-state index contributed by atoms with van der Waals surface area (Å²) < 4.78 is 0. The summed E-state index contributed by atoms with van der Waals surface area (Å²) in [6, 6.07) is 5.85. The number of aromatic nitrogens is 1. The Morgan fingerprint density at radius 3 is 3.13 bits per heavy atom. The minimum Gasteiger partial charge on any atom is -0.386 e. The monoisotopic (exact) mass is 220 g/mol. The van der Waals surface area contributed by atoms with Crippen LogP contribution < -0.4 is 5.73 Å². The van der Waals surface area contributed by atoms with Crippen molar-refractivity contribution < 1.29 is 0 Å². The number of amidine groups is 1. The van der Waals surface area contributed by atoms with E-state index in [4.69, 9.17) is 11.0 Å². The third-order valence-electron chi connectivity index (χ3n) is 1.67. The average molecular weight is 220 g/mol. The Bertz CT molecular complexity index is 355. The molecule has 1 aromatic heterocycles. The summed E-state index contributed by atoms with van der Waals surface area (Å²) >= 11 is 1.73. The lowest BCUT2D eigenvalue weighted by atomic mass is 10.4. The van der Waals surface area contributed by atoms with Crippen molar-refractivity contribution in [3.05, 3.63) is 30.1 Å². The van der Waals surface area contributed by atoms with E-state index in [1.54, 1.807) is 24.2 Å². The quantitative estimate of drug-likeness (QED) is 0.353. The highest BCUT2D eigenvalue weighted by Gasteiger charge is 1.96. The van der Waals surface area contributed by atoms with Gasteiger partial charge in [0.05, 0.1) is 5.69 Å². The van der Waals surface area contributed by atoms with Crippen molar-refractivity contribution >= 4 is 17.6 Å². The first-order valence-corrected chi connectivity index (χ1v) is 5.67. The van der Waals surface area contributed by atoms with Gasteiger partial charge in [0.1, 0.15) is 5.84 Å². The van der Waals surface area contributed by atoms with Gasteiger partial charge in [-0.25, -0.2) is 0 Å². The summed E-state index contributed by atoms with van der Waals surface area (Å²) in [7, 11) is 0. The number of pyridine rings is 1. The molecule has 0 aliphatic carbocycles. The number of hydrogen-bond acceptors (Lipinski definition) is 4. The Morgan fingerprint density at radius 1 is 1.60 bits per heavy atom. The van der Waals surface area contributed by atoms with Crippen LogP contribution in [0.1, 0.15) is 12.1 Å². The first kappa shape index (κ1) is 11.5. The summed E-state index contributed by atoms with van der Waals surface area (Å²) in [5, 5.41) is 8.24. The third-order valence-corrected chi connectivity index (χ3v) is 2.66. The number of nitrogens with zero attached hydrogens (tertiary/aromatic N) is 3. The standard InChI is InChI=1S/C10H12N4S/c11-8-14-10(12)4-6-15-7-9-3-1-2-5-13-9/h1-3,5H,4,6-7H2,(H2,12,14). The number of hydrogen-bond donors (Lipinski definition) is 1. The van der Waals surface area contributed by atoms with Gasteiger partial charge in [0.25, 0.3) is 0 Å². The van der Waals surface area contributed by atoms with Crippen molar-refractivity contribution in [2.45, 2.75) is 12.2 Å². The molecule has 1 aromatic rings. The molecule has 0 fully saturated rings. The van der Waals surface area contributed by atoms with Crippen molar-refractivity contribution in [3.63, 3.8) is 0 Å². The number of aliphatic imine (C=N–C) groups is 1. The zero-order valence-electron chi connectivity index (χ0n) is 8.26. The van der Waals surface area contributed by atoms with Gasteiger partial charge in [0.2, 0.25) is 6.19 Å². The molecule has 0 radical (unpaired) electrons. The van der Waals surface area contributed by atoms with Crippen LogP contribution in [0.5, 0.6) is 0 Å². The van der Waals surface area contributed by atoms with Crippen LogP contribution in [0.4, 0.5) is 0 Å². The van der Waals surface area contributed by atoms with Gasteiger partial charge in [-0.3, -0.25) is 4.98 Å². The fraction of sp³-hybridized carbons (Fsp3) is 0.300. The smallest absolute Gasteiger partial charge is 0.207 e. The Hall–Kier alpha value is -1.54. The molecule has 15 heavy (non-hydrogen) atoms. The fourth-order valence-corrected chi connectivity index (χ4v) is 1.83. The van der Waals surface area contributed by atoms with Crippen LogP contribution in [0.3, 0.4) is 0 Å². The van der Waals surface area contributed by atoms with Crippen molar-refractivity contribution in [3.8, 4) is 6.19 Å². The Kier molecular flexibility index (Phi) is 5.26. The van der Waals surface area contributed by atoms with E-state index in [-0.39, 0.29) is 0 Å². The second-order valence-corrected chi connectivity index (χ2v) is 3.93.